The van der Waals surface area contributed by atoms with Gasteiger partial charge in [0.25, 0.3) is 0 Å². The summed E-state index contributed by atoms with van der Waals surface area (Å²) < 4.78 is 5.73. The summed E-state index contributed by atoms with van der Waals surface area (Å²) in [6.07, 6.45) is 3.23. The summed E-state index contributed by atoms with van der Waals surface area (Å²) in [7, 11) is 0. The maximum Gasteiger partial charge on any atom is 0.208 e. The van der Waals surface area contributed by atoms with Crippen LogP contribution in [0.25, 0.3) is 0 Å². The first-order valence-electron chi connectivity index (χ1n) is 11.0. The zero-order valence-electron chi connectivity index (χ0n) is 18.8. The Labute approximate surface area is 208 Å². The van der Waals surface area contributed by atoms with E-state index < -0.39 is 0 Å². The largest absolute Gasteiger partial charge is 0.444 e. The molecule has 2 heterocycles. The second-order valence-electron chi connectivity index (χ2n) is 8.00. The number of guanidine groups is 1. The van der Waals surface area contributed by atoms with Gasteiger partial charge < -0.3 is 15.1 Å². The number of halogens is 2. The second-order valence-corrected chi connectivity index (χ2v) is 8.43. The van der Waals surface area contributed by atoms with E-state index in [2.05, 4.69) is 33.5 Å². The van der Waals surface area contributed by atoms with Gasteiger partial charge in [-0.25, -0.2) is 4.98 Å². The maximum atomic E-state index is 6.07. The van der Waals surface area contributed by atoms with Gasteiger partial charge in [0.1, 0.15) is 5.76 Å². The molecular weight excluding hydrogens is 525 g/mol. The minimum atomic E-state index is 0. The van der Waals surface area contributed by atoms with Crippen molar-refractivity contribution in [3.05, 3.63) is 52.2 Å². The molecule has 1 aliphatic heterocycles. The van der Waals surface area contributed by atoms with E-state index in [-0.39, 0.29) is 24.0 Å². The molecule has 1 aromatic carbocycles. The molecule has 3 rings (SSSR count). The van der Waals surface area contributed by atoms with E-state index in [0.29, 0.717) is 5.92 Å². The number of nitrogens with one attached hydrogen (secondary N) is 2. The van der Waals surface area contributed by atoms with Crippen LogP contribution in [0.1, 0.15) is 42.7 Å². The number of hydrogen-bond donors (Lipinski definition) is 2. The summed E-state index contributed by atoms with van der Waals surface area (Å²) in [6, 6.07) is 8.02. The Morgan fingerprint density at radius 2 is 2.03 bits per heavy atom. The van der Waals surface area contributed by atoms with Gasteiger partial charge in [-0.1, -0.05) is 23.7 Å². The van der Waals surface area contributed by atoms with Crippen molar-refractivity contribution in [3.8, 4) is 0 Å². The summed E-state index contributed by atoms with van der Waals surface area (Å²) in [6.45, 7) is 11.6. The van der Waals surface area contributed by atoms with Crippen LogP contribution in [0.15, 0.2) is 33.7 Å². The van der Waals surface area contributed by atoms with Crippen molar-refractivity contribution in [1.29, 1.82) is 0 Å². The van der Waals surface area contributed by atoms with Crippen LogP contribution in [0.3, 0.4) is 0 Å². The molecule has 1 aromatic heterocycles. The van der Waals surface area contributed by atoms with Gasteiger partial charge in [-0.15, -0.1) is 24.0 Å². The Morgan fingerprint density at radius 3 is 2.68 bits per heavy atom. The third-order valence-corrected chi connectivity index (χ3v) is 5.82. The van der Waals surface area contributed by atoms with Crippen LogP contribution in [0.4, 0.5) is 0 Å². The zero-order chi connectivity index (χ0) is 21.3. The Morgan fingerprint density at radius 1 is 1.26 bits per heavy atom. The predicted molar refractivity (Wildman–Crippen MR) is 139 cm³/mol. The quantitative estimate of drug-likeness (QED) is 0.282. The van der Waals surface area contributed by atoms with E-state index in [1.165, 1.54) is 5.56 Å². The van der Waals surface area contributed by atoms with Crippen LogP contribution in [0, 0.1) is 19.8 Å². The highest BCUT2D eigenvalue weighted by molar-refractivity contribution is 14.0. The predicted octanol–water partition coefficient (Wildman–Crippen LogP) is 4.57. The molecule has 2 N–H and O–H groups in total. The van der Waals surface area contributed by atoms with E-state index in [1.807, 2.05) is 32.0 Å². The molecule has 0 unspecified atom stereocenters. The molecule has 0 bridgehead atoms. The lowest BCUT2D eigenvalue weighted by atomic mass is 9.97. The van der Waals surface area contributed by atoms with Gasteiger partial charge in [-0.2, -0.15) is 0 Å². The second kappa shape index (κ2) is 13.3. The first kappa shape index (κ1) is 25.9. The molecule has 6 nitrogen and oxygen atoms in total. The van der Waals surface area contributed by atoms with E-state index >= 15 is 0 Å². The molecule has 172 valence electrons. The van der Waals surface area contributed by atoms with E-state index in [4.69, 9.17) is 21.0 Å². The van der Waals surface area contributed by atoms with Crippen LogP contribution in [-0.2, 0) is 13.0 Å². The first-order valence-corrected chi connectivity index (χ1v) is 11.3. The molecule has 0 atom stereocenters. The fourth-order valence-corrected chi connectivity index (χ4v) is 3.92. The SMILES string of the molecule is CCNC(=NCC1CCN(Cc2nc(C)c(C)o2)CC1)NCCc1cccc(Cl)c1.I. The van der Waals surface area contributed by atoms with Crippen LogP contribution >= 0.6 is 35.6 Å². The fraction of sp³-hybridized carbons (Fsp3) is 0.565. The van der Waals surface area contributed by atoms with E-state index in [0.717, 1.165) is 86.9 Å². The molecule has 31 heavy (non-hydrogen) atoms. The maximum absolute atomic E-state index is 6.07. The Bertz CT molecular complexity index is 814. The molecule has 0 saturated carbocycles. The zero-order valence-corrected chi connectivity index (χ0v) is 21.9. The summed E-state index contributed by atoms with van der Waals surface area (Å²) in [5, 5.41) is 7.58. The van der Waals surface area contributed by atoms with Crippen molar-refractivity contribution in [2.24, 2.45) is 10.9 Å². The van der Waals surface area contributed by atoms with Crippen LogP contribution in [-0.4, -0.2) is 48.6 Å². The van der Waals surface area contributed by atoms with Gasteiger partial charge in [-0.05, 0) is 76.7 Å². The Hall–Kier alpha value is -1.32. The number of aromatic nitrogens is 1. The minimum absolute atomic E-state index is 0. The number of aryl methyl sites for hydroxylation is 2. The fourth-order valence-electron chi connectivity index (χ4n) is 3.71. The van der Waals surface area contributed by atoms with Gasteiger partial charge in [-0.3, -0.25) is 9.89 Å². The van der Waals surface area contributed by atoms with Gasteiger partial charge in [0, 0.05) is 24.7 Å². The van der Waals surface area contributed by atoms with Crippen molar-refractivity contribution >= 4 is 41.5 Å². The first-order chi connectivity index (χ1) is 14.5. The molecule has 8 heteroatoms. The molecule has 1 aliphatic rings. The molecule has 1 fully saturated rings. The normalized spacial score (nSPS) is 15.5. The molecule has 0 spiro atoms. The number of rotatable bonds is 8. The summed E-state index contributed by atoms with van der Waals surface area (Å²) in [5.74, 6) is 3.28. The van der Waals surface area contributed by atoms with E-state index in [9.17, 15) is 0 Å². The van der Waals surface area contributed by atoms with Gasteiger partial charge in [0.2, 0.25) is 5.89 Å². The van der Waals surface area contributed by atoms with Crippen LogP contribution in [0.5, 0.6) is 0 Å². The lowest BCUT2D eigenvalue weighted by Gasteiger charge is -2.30. The highest BCUT2D eigenvalue weighted by Crippen LogP contribution is 2.20. The number of benzene rings is 1. The highest BCUT2D eigenvalue weighted by atomic mass is 127. The van der Waals surface area contributed by atoms with Crippen molar-refractivity contribution in [2.75, 3.05) is 32.7 Å². The number of oxazole rings is 1. The number of aliphatic imine (C=N–C) groups is 1. The topological polar surface area (TPSA) is 65.7 Å². The minimum Gasteiger partial charge on any atom is -0.444 e. The highest BCUT2D eigenvalue weighted by Gasteiger charge is 2.20. The number of likely N-dealkylation sites (tertiary alicyclic amines) is 1. The average molecular weight is 560 g/mol. The van der Waals surface area contributed by atoms with Gasteiger partial charge in [0.15, 0.2) is 5.96 Å². The number of hydrogen-bond acceptors (Lipinski definition) is 4. The molecule has 2 aromatic rings. The lowest BCUT2D eigenvalue weighted by molar-refractivity contribution is 0.166. The monoisotopic (exact) mass is 559 g/mol. The van der Waals surface area contributed by atoms with Crippen molar-refractivity contribution in [2.45, 2.75) is 46.6 Å². The average Bonchev–Trinajstić information content (AvgIpc) is 3.04. The number of nitrogens with zero attached hydrogens (tertiary/aromatic N) is 3. The molecule has 0 aliphatic carbocycles. The molecule has 0 radical (unpaired) electrons. The lowest BCUT2D eigenvalue weighted by Crippen LogP contribution is -2.39. The standard InChI is InChI=1S/C23H34ClN5O.HI/c1-4-25-23(26-11-8-19-6-5-7-21(24)14-19)27-15-20-9-12-29(13-10-20)16-22-28-17(2)18(3)30-22;/h5-7,14,20H,4,8-13,15-16H2,1-3H3,(H2,25,26,27);1H. The summed E-state index contributed by atoms with van der Waals surface area (Å²) >= 11 is 6.07. The smallest absolute Gasteiger partial charge is 0.208 e. The van der Waals surface area contributed by atoms with Crippen LogP contribution < -0.4 is 10.6 Å². The Kier molecular flexibility index (Phi) is 11.1. The summed E-state index contributed by atoms with van der Waals surface area (Å²) in [5.41, 5.74) is 2.22. The van der Waals surface area contributed by atoms with Crippen molar-refractivity contribution in [3.63, 3.8) is 0 Å². The van der Waals surface area contributed by atoms with Crippen LogP contribution in [0.2, 0.25) is 5.02 Å². The van der Waals surface area contributed by atoms with E-state index in [1.54, 1.807) is 0 Å². The molecule has 0 amide bonds. The van der Waals surface area contributed by atoms with Gasteiger partial charge >= 0.3 is 0 Å². The summed E-state index contributed by atoms with van der Waals surface area (Å²) in [4.78, 5) is 11.8. The van der Waals surface area contributed by atoms with Crippen molar-refractivity contribution in [1.82, 2.24) is 20.5 Å². The molecule has 1 saturated heterocycles. The van der Waals surface area contributed by atoms with Gasteiger partial charge in [0.05, 0.1) is 12.2 Å². The third-order valence-electron chi connectivity index (χ3n) is 5.59. The number of piperidine rings is 1. The Balaban J connectivity index is 0.00000341. The third kappa shape index (κ3) is 8.61. The molecular formula is C23H35ClIN5O. The van der Waals surface area contributed by atoms with Crippen molar-refractivity contribution < 1.29 is 4.42 Å².